The fourth-order valence-corrected chi connectivity index (χ4v) is 3.95. The van der Waals surface area contributed by atoms with Crippen molar-refractivity contribution in [1.82, 2.24) is 4.90 Å². The lowest BCUT2D eigenvalue weighted by molar-refractivity contribution is -0.130. The lowest BCUT2D eigenvalue weighted by Gasteiger charge is -2.37. The Balaban J connectivity index is 1.52. The zero-order valence-electron chi connectivity index (χ0n) is 15.0. The maximum absolute atomic E-state index is 13.1. The molecule has 0 radical (unpaired) electrons. The number of piperazine rings is 1. The number of hydrogen-bond donors (Lipinski definition) is 0. The fraction of sp³-hybridized carbons (Fsp3) is 0.350. The molecule has 1 fully saturated rings. The standard InChI is InChI=1S/C20H23FN2O2S/c1-15(26-19-9-7-18(25-2)8-10-19)20(24)23-13-11-22(12-14-23)17-5-3-16(21)4-6-17/h3-10,15H,11-14H2,1-2H3/t15-/m1/s1. The molecule has 0 bridgehead atoms. The Hall–Kier alpha value is -2.21. The lowest BCUT2D eigenvalue weighted by atomic mass is 10.2. The Morgan fingerprint density at radius 2 is 1.65 bits per heavy atom. The van der Waals surface area contributed by atoms with E-state index in [0.717, 1.165) is 29.4 Å². The van der Waals surface area contributed by atoms with Gasteiger partial charge in [0.1, 0.15) is 11.6 Å². The topological polar surface area (TPSA) is 32.8 Å². The third-order valence-corrected chi connectivity index (χ3v) is 5.60. The highest BCUT2D eigenvalue weighted by molar-refractivity contribution is 8.00. The number of anilines is 1. The number of ether oxygens (including phenoxy) is 1. The quantitative estimate of drug-likeness (QED) is 0.748. The van der Waals surface area contributed by atoms with Gasteiger partial charge in [-0.25, -0.2) is 4.39 Å². The minimum absolute atomic E-state index is 0.138. The molecular formula is C20H23FN2O2S. The van der Waals surface area contributed by atoms with Crippen LogP contribution in [0.3, 0.4) is 0 Å². The molecule has 1 amide bonds. The van der Waals surface area contributed by atoms with E-state index in [1.165, 1.54) is 12.1 Å². The average Bonchev–Trinajstić information content (AvgIpc) is 2.69. The highest BCUT2D eigenvalue weighted by Gasteiger charge is 2.25. The van der Waals surface area contributed by atoms with E-state index in [2.05, 4.69) is 4.90 Å². The highest BCUT2D eigenvalue weighted by Crippen LogP contribution is 2.27. The first-order chi connectivity index (χ1) is 12.6. The smallest absolute Gasteiger partial charge is 0.235 e. The van der Waals surface area contributed by atoms with Crippen LogP contribution >= 0.6 is 11.8 Å². The number of halogens is 1. The maximum atomic E-state index is 13.1. The number of benzene rings is 2. The third-order valence-electron chi connectivity index (χ3n) is 4.50. The van der Waals surface area contributed by atoms with Crippen LogP contribution in [0.1, 0.15) is 6.92 Å². The summed E-state index contributed by atoms with van der Waals surface area (Å²) < 4.78 is 18.2. The van der Waals surface area contributed by atoms with Gasteiger partial charge in [0.2, 0.25) is 5.91 Å². The molecule has 1 heterocycles. The van der Waals surface area contributed by atoms with Gasteiger partial charge < -0.3 is 14.5 Å². The molecule has 4 nitrogen and oxygen atoms in total. The number of carbonyl (C=O) groups is 1. The molecule has 2 aromatic rings. The largest absolute Gasteiger partial charge is 0.497 e. The van der Waals surface area contributed by atoms with Crippen molar-refractivity contribution in [2.45, 2.75) is 17.1 Å². The molecule has 0 unspecified atom stereocenters. The molecule has 6 heteroatoms. The van der Waals surface area contributed by atoms with Crippen LogP contribution in [-0.4, -0.2) is 49.3 Å². The van der Waals surface area contributed by atoms with Crippen molar-refractivity contribution >= 4 is 23.4 Å². The van der Waals surface area contributed by atoms with Crippen molar-refractivity contribution in [1.29, 1.82) is 0 Å². The van der Waals surface area contributed by atoms with E-state index in [1.807, 2.05) is 36.1 Å². The van der Waals surface area contributed by atoms with Crippen LogP contribution in [0.5, 0.6) is 5.75 Å². The van der Waals surface area contributed by atoms with Gasteiger partial charge in [-0.05, 0) is 55.5 Å². The van der Waals surface area contributed by atoms with E-state index >= 15 is 0 Å². The second-order valence-corrected chi connectivity index (χ2v) is 7.64. The first-order valence-corrected chi connectivity index (χ1v) is 9.55. The van der Waals surface area contributed by atoms with Crippen LogP contribution in [0.25, 0.3) is 0 Å². The Bertz CT molecular complexity index is 728. The highest BCUT2D eigenvalue weighted by atomic mass is 32.2. The van der Waals surface area contributed by atoms with Crippen LogP contribution in [0, 0.1) is 5.82 Å². The number of hydrogen-bond acceptors (Lipinski definition) is 4. The Labute approximate surface area is 157 Å². The van der Waals surface area contributed by atoms with Crippen molar-refractivity contribution in [3.05, 3.63) is 54.3 Å². The van der Waals surface area contributed by atoms with Crippen LogP contribution in [-0.2, 0) is 4.79 Å². The molecule has 0 saturated carbocycles. The predicted molar refractivity (Wildman–Crippen MR) is 104 cm³/mol. The van der Waals surface area contributed by atoms with E-state index in [4.69, 9.17) is 4.74 Å². The molecule has 3 rings (SSSR count). The van der Waals surface area contributed by atoms with Crippen LogP contribution in [0.15, 0.2) is 53.4 Å². The van der Waals surface area contributed by atoms with Gasteiger partial charge in [0.15, 0.2) is 0 Å². The van der Waals surface area contributed by atoms with E-state index in [-0.39, 0.29) is 17.0 Å². The number of rotatable bonds is 5. The summed E-state index contributed by atoms with van der Waals surface area (Å²) in [5, 5.41) is -0.138. The molecule has 0 aliphatic carbocycles. The number of nitrogens with zero attached hydrogens (tertiary/aromatic N) is 2. The number of thioether (sulfide) groups is 1. The van der Waals surface area contributed by atoms with Crippen molar-refractivity contribution < 1.29 is 13.9 Å². The van der Waals surface area contributed by atoms with Crippen molar-refractivity contribution in [3.8, 4) is 5.75 Å². The molecule has 0 spiro atoms. The van der Waals surface area contributed by atoms with Gasteiger partial charge in [0.05, 0.1) is 12.4 Å². The first-order valence-electron chi connectivity index (χ1n) is 8.67. The molecule has 1 atom stereocenters. The van der Waals surface area contributed by atoms with Crippen molar-refractivity contribution in [2.24, 2.45) is 0 Å². The minimum Gasteiger partial charge on any atom is -0.497 e. The second kappa shape index (κ2) is 8.45. The van der Waals surface area contributed by atoms with Gasteiger partial charge in [0.25, 0.3) is 0 Å². The van der Waals surface area contributed by atoms with E-state index in [1.54, 1.807) is 31.0 Å². The molecule has 2 aromatic carbocycles. The maximum Gasteiger partial charge on any atom is 0.235 e. The van der Waals surface area contributed by atoms with Gasteiger partial charge in [-0.15, -0.1) is 11.8 Å². The van der Waals surface area contributed by atoms with E-state index in [0.29, 0.717) is 13.1 Å². The third kappa shape index (κ3) is 4.49. The average molecular weight is 374 g/mol. The summed E-state index contributed by atoms with van der Waals surface area (Å²) >= 11 is 1.56. The fourth-order valence-electron chi connectivity index (χ4n) is 3.00. The zero-order valence-corrected chi connectivity index (χ0v) is 15.8. The molecule has 138 valence electrons. The van der Waals surface area contributed by atoms with Gasteiger partial charge >= 0.3 is 0 Å². The minimum atomic E-state index is -0.230. The SMILES string of the molecule is COc1ccc(S[C@H](C)C(=O)N2CCN(c3ccc(F)cc3)CC2)cc1. The first kappa shape index (κ1) is 18.6. The van der Waals surface area contributed by atoms with Crippen molar-refractivity contribution in [2.75, 3.05) is 38.2 Å². The van der Waals surface area contributed by atoms with Crippen LogP contribution in [0.4, 0.5) is 10.1 Å². The molecule has 26 heavy (non-hydrogen) atoms. The number of carbonyl (C=O) groups excluding carboxylic acids is 1. The summed E-state index contributed by atoms with van der Waals surface area (Å²) in [6.45, 7) is 4.84. The molecular weight excluding hydrogens is 351 g/mol. The van der Waals surface area contributed by atoms with Gasteiger partial charge in [0, 0.05) is 36.8 Å². The summed E-state index contributed by atoms with van der Waals surface area (Å²) in [5.74, 6) is 0.738. The summed E-state index contributed by atoms with van der Waals surface area (Å²) in [6, 6.07) is 14.3. The summed E-state index contributed by atoms with van der Waals surface area (Å²) in [5.41, 5.74) is 0.999. The van der Waals surface area contributed by atoms with Gasteiger partial charge in [-0.3, -0.25) is 4.79 Å². The number of amides is 1. The predicted octanol–water partition coefficient (Wildman–Crippen LogP) is 3.66. The molecule has 0 aromatic heterocycles. The monoisotopic (exact) mass is 374 g/mol. The zero-order chi connectivity index (χ0) is 18.5. The summed E-state index contributed by atoms with van der Waals surface area (Å²) in [6.07, 6.45) is 0. The summed E-state index contributed by atoms with van der Waals surface area (Å²) in [7, 11) is 1.64. The Morgan fingerprint density at radius 1 is 1.04 bits per heavy atom. The Morgan fingerprint density at radius 3 is 2.23 bits per heavy atom. The lowest BCUT2D eigenvalue weighted by Crippen LogP contribution is -2.50. The molecule has 1 aliphatic heterocycles. The molecule has 1 aliphatic rings. The Kier molecular flexibility index (Phi) is 6.04. The van der Waals surface area contributed by atoms with Gasteiger partial charge in [-0.2, -0.15) is 0 Å². The van der Waals surface area contributed by atoms with Crippen LogP contribution in [0.2, 0.25) is 0 Å². The number of methoxy groups -OCH3 is 1. The van der Waals surface area contributed by atoms with E-state index < -0.39 is 0 Å². The van der Waals surface area contributed by atoms with Crippen LogP contribution < -0.4 is 9.64 Å². The van der Waals surface area contributed by atoms with Gasteiger partial charge in [-0.1, -0.05) is 0 Å². The summed E-state index contributed by atoms with van der Waals surface area (Å²) in [4.78, 5) is 17.9. The second-order valence-electron chi connectivity index (χ2n) is 6.22. The molecule has 0 N–H and O–H groups in total. The molecule has 1 saturated heterocycles. The van der Waals surface area contributed by atoms with E-state index in [9.17, 15) is 9.18 Å². The van der Waals surface area contributed by atoms with Crippen molar-refractivity contribution in [3.63, 3.8) is 0 Å². The normalized spacial score (nSPS) is 15.7.